The molecule has 0 bridgehead atoms. The van der Waals surface area contributed by atoms with E-state index >= 15 is 0 Å². The number of rotatable bonds is 5. The zero-order valence-electron chi connectivity index (χ0n) is 15.0. The number of nitrogens with zero attached hydrogens (tertiary/aromatic N) is 4. The highest BCUT2D eigenvalue weighted by molar-refractivity contribution is 5.87. The fourth-order valence-electron chi connectivity index (χ4n) is 2.63. The lowest BCUT2D eigenvalue weighted by molar-refractivity contribution is 0.234. The van der Waals surface area contributed by atoms with E-state index in [2.05, 4.69) is 33.0 Å². The lowest BCUT2D eigenvalue weighted by Gasteiger charge is -2.16. The van der Waals surface area contributed by atoms with Gasteiger partial charge in [-0.05, 0) is 44.0 Å². The number of anilines is 1. The Balaban J connectivity index is 1.85. The van der Waals surface area contributed by atoms with Gasteiger partial charge in [-0.3, -0.25) is 4.68 Å². The Morgan fingerprint density at radius 2 is 2.12 bits per heavy atom. The van der Waals surface area contributed by atoms with Crippen LogP contribution in [0, 0.1) is 6.92 Å². The minimum absolute atomic E-state index is 0.157. The Bertz CT molecular complexity index is 937. The standard InChI is InChI=1S/C19H22FN5/c1-12(14-6-7-17-15(8-14)10-25(5)24-17)16-9-21-18(23-13(16)2)22-11-19(3,4)20/h6-10H,1,11H2,2-5H3,(H,21,22,23). The molecule has 130 valence electrons. The largest absolute Gasteiger partial charge is 0.351 e. The Hall–Kier alpha value is -2.76. The van der Waals surface area contributed by atoms with Gasteiger partial charge in [-0.15, -0.1) is 0 Å². The maximum absolute atomic E-state index is 13.6. The minimum Gasteiger partial charge on any atom is -0.351 e. The number of nitrogens with one attached hydrogen (secondary N) is 1. The van der Waals surface area contributed by atoms with E-state index in [1.165, 1.54) is 13.8 Å². The van der Waals surface area contributed by atoms with Crippen molar-refractivity contribution in [2.75, 3.05) is 11.9 Å². The Labute approximate surface area is 146 Å². The van der Waals surface area contributed by atoms with Gasteiger partial charge in [0.05, 0.1) is 17.8 Å². The molecule has 0 aliphatic heterocycles. The third-order valence-corrected chi connectivity index (χ3v) is 3.94. The second kappa shape index (κ2) is 6.27. The van der Waals surface area contributed by atoms with E-state index in [1.807, 2.05) is 32.3 Å². The third kappa shape index (κ3) is 3.84. The summed E-state index contributed by atoms with van der Waals surface area (Å²) in [6, 6.07) is 6.03. The van der Waals surface area contributed by atoms with Crippen LogP contribution in [0.25, 0.3) is 16.5 Å². The van der Waals surface area contributed by atoms with Crippen molar-refractivity contribution in [1.29, 1.82) is 0 Å². The lowest BCUT2D eigenvalue weighted by Crippen LogP contribution is -2.25. The summed E-state index contributed by atoms with van der Waals surface area (Å²) in [7, 11) is 1.90. The molecule has 25 heavy (non-hydrogen) atoms. The first-order valence-electron chi connectivity index (χ1n) is 8.12. The molecular formula is C19H22FN5. The van der Waals surface area contributed by atoms with Crippen molar-refractivity contribution >= 4 is 22.4 Å². The Morgan fingerprint density at radius 3 is 2.80 bits per heavy atom. The number of hydrogen-bond donors (Lipinski definition) is 1. The van der Waals surface area contributed by atoms with E-state index < -0.39 is 5.67 Å². The molecule has 0 atom stereocenters. The van der Waals surface area contributed by atoms with Crippen LogP contribution in [-0.2, 0) is 7.05 Å². The molecule has 0 spiro atoms. The molecule has 0 fully saturated rings. The number of halogens is 1. The molecule has 0 saturated carbocycles. The summed E-state index contributed by atoms with van der Waals surface area (Å²) in [5.41, 5.74) is 3.14. The van der Waals surface area contributed by atoms with Gasteiger partial charge in [0, 0.05) is 30.4 Å². The van der Waals surface area contributed by atoms with Gasteiger partial charge >= 0.3 is 0 Å². The van der Waals surface area contributed by atoms with Crippen LogP contribution in [0.3, 0.4) is 0 Å². The van der Waals surface area contributed by atoms with Gasteiger partial charge in [0.15, 0.2) is 0 Å². The lowest BCUT2D eigenvalue weighted by atomic mass is 9.99. The first-order valence-corrected chi connectivity index (χ1v) is 8.12. The van der Waals surface area contributed by atoms with Gasteiger partial charge in [-0.25, -0.2) is 14.4 Å². The second-order valence-corrected chi connectivity index (χ2v) is 6.82. The van der Waals surface area contributed by atoms with Gasteiger partial charge in [-0.2, -0.15) is 5.10 Å². The molecule has 1 aromatic carbocycles. The third-order valence-electron chi connectivity index (χ3n) is 3.94. The van der Waals surface area contributed by atoms with Gasteiger partial charge in [0.25, 0.3) is 0 Å². The zero-order valence-corrected chi connectivity index (χ0v) is 15.0. The van der Waals surface area contributed by atoms with Gasteiger partial charge in [-0.1, -0.05) is 12.6 Å². The van der Waals surface area contributed by atoms with Crippen molar-refractivity contribution in [3.63, 3.8) is 0 Å². The summed E-state index contributed by atoms with van der Waals surface area (Å²) >= 11 is 0. The molecule has 3 rings (SSSR count). The molecule has 5 nitrogen and oxygen atoms in total. The highest BCUT2D eigenvalue weighted by Gasteiger charge is 2.16. The van der Waals surface area contributed by atoms with Crippen molar-refractivity contribution in [2.45, 2.75) is 26.4 Å². The van der Waals surface area contributed by atoms with Crippen molar-refractivity contribution in [1.82, 2.24) is 19.7 Å². The number of aromatic nitrogens is 4. The molecule has 2 heterocycles. The van der Waals surface area contributed by atoms with E-state index in [-0.39, 0.29) is 6.54 Å². The molecule has 0 aliphatic carbocycles. The van der Waals surface area contributed by atoms with Gasteiger partial charge < -0.3 is 5.32 Å². The van der Waals surface area contributed by atoms with Crippen molar-refractivity contribution in [2.24, 2.45) is 7.05 Å². The maximum Gasteiger partial charge on any atom is 0.222 e. The van der Waals surface area contributed by atoms with Gasteiger partial charge in [0.2, 0.25) is 5.95 Å². The second-order valence-electron chi connectivity index (χ2n) is 6.82. The number of alkyl halides is 1. The van der Waals surface area contributed by atoms with Crippen LogP contribution in [-0.4, -0.2) is 32.0 Å². The smallest absolute Gasteiger partial charge is 0.222 e. The first-order chi connectivity index (χ1) is 11.7. The quantitative estimate of drug-likeness (QED) is 0.766. The van der Waals surface area contributed by atoms with Gasteiger partial charge in [0.1, 0.15) is 5.67 Å². The summed E-state index contributed by atoms with van der Waals surface area (Å²) in [4.78, 5) is 8.71. The summed E-state index contributed by atoms with van der Waals surface area (Å²) < 4.78 is 15.4. The Morgan fingerprint density at radius 1 is 1.36 bits per heavy atom. The van der Waals surface area contributed by atoms with Crippen molar-refractivity contribution in [3.05, 3.63) is 54.0 Å². The molecule has 0 unspecified atom stereocenters. The predicted octanol–water partition coefficient (Wildman–Crippen LogP) is 3.89. The monoisotopic (exact) mass is 339 g/mol. The summed E-state index contributed by atoms with van der Waals surface area (Å²) in [6.07, 6.45) is 3.70. The number of hydrogen-bond acceptors (Lipinski definition) is 4. The fourth-order valence-corrected chi connectivity index (χ4v) is 2.63. The SMILES string of the molecule is C=C(c1ccc2nn(C)cc2c1)c1cnc(NCC(C)(C)F)nc1C. The van der Waals surface area contributed by atoms with Crippen LogP contribution in [0.2, 0.25) is 0 Å². The molecule has 0 amide bonds. The van der Waals surface area contributed by atoms with Crippen LogP contribution >= 0.6 is 0 Å². The average molecular weight is 339 g/mol. The van der Waals surface area contributed by atoms with Crippen LogP contribution < -0.4 is 5.32 Å². The van der Waals surface area contributed by atoms with Crippen LogP contribution in [0.4, 0.5) is 10.3 Å². The molecular weight excluding hydrogens is 317 g/mol. The van der Waals surface area contributed by atoms with Crippen molar-refractivity contribution in [3.8, 4) is 0 Å². The van der Waals surface area contributed by atoms with E-state index in [9.17, 15) is 4.39 Å². The van der Waals surface area contributed by atoms with Crippen LogP contribution in [0.5, 0.6) is 0 Å². The predicted molar refractivity (Wildman–Crippen MR) is 99.3 cm³/mol. The molecule has 0 saturated heterocycles. The van der Waals surface area contributed by atoms with E-state index in [4.69, 9.17) is 0 Å². The topological polar surface area (TPSA) is 55.6 Å². The average Bonchev–Trinajstić information content (AvgIpc) is 2.90. The molecule has 2 aromatic heterocycles. The number of fused-ring (bicyclic) bond motifs is 1. The van der Waals surface area contributed by atoms with E-state index in [1.54, 1.807) is 10.9 Å². The molecule has 0 radical (unpaired) electrons. The fraction of sp³-hybridized carbons (Fsp3) is 0.316. The zero-order chi connectivity index (χ0) is 18.2. The summed E-state index contributed by atoms with van der Waals surface area (Å²) in [5.74, 6) is 0.419. The number of aryl methyl sites for hydroxylation is 2. The van der Waals surface area contributed by atoms with Crippen molar-refractivity contribution < 1.29 is 4.39 Å². The minimum atomic E-state index is -1.32. The number of benzene rings is 1. The Kier molecular flexibility index (Phi) is 4.29. The summed E-state index contributed by atoms with van der Waals surface area (Å²) in [5, 5.41) is 8.36. The molecule has 6 heteroatoms. The van der Waals surface area contributed by atoms with Crippen LogP contribution in [0.1, 0.15) is 30.7 Å². The normalized spacial score (nSPS) is 11.7. The highest BCUT2D eigenvalue weighted by Crippen LogP contribution is 2.26. The van der Waals surface area contributed by atoms with E-state index in [0.29, 0.717) is 5.95 Å². The van der Waals surface area contributed by atoms with Crippen LogP contribution in [0.15, 0.2) is 37.2 Å². The molecule has 1 N–H and O–H groups in total. The maximum atomic E-state index is 13.6. The highest BCUT2D eigenvalue weighted by atomic mass is 19.1. The molecule has 3 aromatic rings. The summed E-state index contributed by atoms with van der Waals surface area (Å²) in [6.45, 7) is 9.28. The first kappa shape index (κ1) is 17.1. The molecule has 0 aliphatic rings. The van der Waals surface area contributed by atoms with E-state index in [0.717, 1.165) is 33.3 Å².